The summed E-state index contributed by atoms with van der Waals surface area (Å²) in [4.78, 5) is 13.4. The number of para-hydroxylation sites is 1. The van der Waals surface area contributed by atoms with Crippen molar-refractivity contribution in [2.24, 2.45) is 0 Å². The van der Waals surface area contributed by atoms with Gasteiger partial charge in [0.15, 0.2) is 0 Å². The zero-order chi connectivity index (χ0) is 12.7. The van der Waals surface area contributed by atoms with E-state index in [9.17, 15) is 4.79 Å². The average molecular weight is 231 g/mol. The van der Waals surface area contributed by atoms with E-state index in [0.29, 0.717) is 17.8 Å². The van der Waals surface area contributed by atoms with E-state index < -0.39 is 0 Å². The molecule has 1 rings (SSSR count). The van der Waals surface area contributed by atoms with Gasteiger partial charge in [-0.3, -0.25) is 4.79 Å². The second kappa shape index (κ2) is 6.66. The second-order valence-electron chi connectivity index (χ2n) is 3.76. The molecule has 1 amide bonds. The molecular formula is C13H17N3O. The van der Waals surface area contributed by atoms with Crippen molar-refractivity contribution in [3.63, 3.8) is 0 Å². The van der Waals surface area contributed by atoms with Gasteiger partial charge in [0, 0.05) is 7.05 Å². The molecule has 1 aromatic rings. The van der Waals surface area contributed by atoms with Crippen LogP contribution in [0.25, 0.3) is 0 Å². The molecule has 0 bridgehead atoms. The molecule has 1 N–H and O–H groups in total. The molecule has 90 valence electrons. The summed E-state index contributed by atoms with van der Waals surface area (Å²) in [5.74, 6) is -0.0406. The largest absolute Gasteiger partial charge is 0.313 e. The Kier molecular flexibility index (Phi) is 5.18. The van der Waals surface area contributed by atoms with Gasteiger partial charge in [-0.2, -0.15) is 5.26 Å². The van der Waals surface area contributed by atoms with E-state index in [2.05, 4.69) is 11.4 Å². The molecule has 4 heteroatoms. The fraction of sp³-hybridized carbons (Fsp3) is 0.385. The Hall–Kier alpha value is -1.86. The summed E-state index contributed by atoms with van der Waals surface area (Å²) >= 11 is 0. The molecule has 4 nitrogen and oxygen atoms in total. The van der Waals surface area contributed by atoms with Gasteiger partial charge in [0.2, 0.25) is 5.91 Å². The van der Waals surface area contributed by atoms with Crippen LogP contribution in [0, 0.1) is 11.3 Å². The maximum Gasteiger partial charge on any atom is 0.240 e. The summed E-state index contributed by atoms with van der Waals surface area (Å²) in [6, 6.07) is 9.17. The Bertz CT molecular complexity index is 423. The van der Waals surface area contributed by atoms with E-state index >= 15 is 0 Å². The lowest BCUT2D eigenvalue weighted by atomic mass is 10.2. The molecule has 0 unspecified atom stereocenters. The predicted molar refractivity (Wildman–Crippen MR) is 67.7 cm³/mol. The summed E-state index contributed by atoms with van der Waals surface area (Å²) < 4.78 is 0. The molecule has 0 spiro atoms. The first-order valence-electron chi connectivity index (χ1n) is 5.67. The molecule has 0 aliphatic heterocycles. The van der Waals surface area contributed by atoms with Crippen LogP contribution in [0.2, 0.25) is 0 Å². The number of nitrogens with zero attached hydrogens (tertiary/aromatic N) is 2. The van der Waals surface area contributed by atoms with Gasteiger partial charge in [-0.05, 0) is 25.1 Å². The number of benzene rings is 1. The van der Waals surface area contributed by atoms with Crippen molar-refractivity contribution in [2.45, 2.75) is 13.3 Å². The third kappa shape index (κ3) is 3.58. The number of likely N-dealkylation sites (N-methyl/N-ethyl adjacent to an activating group) is 1. The maximum absolute atomic E-state index is 11.8. The van der Waals surface area contributed by atoms with Crippen LogP contribution in [0.5, 0.6) is 0 Å². The van der Waals surface area contributed by atoms with Crippen LogP contribution < -0.4 is 10.2 Å². The smallest absolute Gasteiger partial charge is 0.240 e. The van der Waals surface area contributed by atoms with Crippen LogP contribution in [0.3, 0.4) is 0 Å². The van der Waals surface area contributed by atoms with E-state index in [4.69, 9.17) is 5.26 Å². The first-order valence-corrected chi connectivity index (χ1v) is 5.67. The number of nitriles is 1. The first kappa shape index (κ1) is 13.2. The van der Waals surface area contributed by atoms with Gasteiger partial charge in [-0.25, -0.2) is 0 Å². The Morgan fingerprint density at radius 2 is 2.18 bits per heavy atom. The fourth-order valence-corrected chi connectivity index (χ4v) is 1.49. The topological polar surface area (TPSA) is 56.1 Å². The van der Waals surface area contributed by atoms with Gasteiger partial charge < -0.3 is 10.2 Å². The van der Waals surface area contributed by atoms with Crippen LogP contribution in [-0.2, 0) is 4.79 Å². The molecule has 0 aromatic heterocycles. The van der Waals surface area contributed by atoms with Gasteiger partial charge in [-0.1, -0.05) is 19.1 Å². The highest BCUT2D eigenvalue weighted by molar-refractivity contribution is 5.95. The zero-order valence-corrected chi connectivity index (χ0v) is 10.2. The molecule has 0 saturated heterocycles. The minimum absolute atomic E-state index is 0.0406. The number of amides is 1. The Morgan fingerprint density at radius 1 is 1.47 bits per heavy atom. The third-order valence-electron chi connectivity index (χ3n) is 2.46. The van der Waals surface area contributed by atoms with Crippen molar-refractivity contribution >= 4 is 11.6 Å². The molecule has 0 heterocycles. The minimum atomic E-state index is -0.0406. The fourth-order valence-electron chi connectivity index (χ4n) is 1.49. The molecule has 0 fully saturated rings. The highest BCUT2D eigenvalue weighted by Crippen LogP contribution is 2.17. The summed E-state index contributed by atoms with van der Waals surface area (Å²) in [6.07, 6.45) is 0.992. The highest BCUT2D eigenvalue weighted by atomic mass is 16.2. The minimum Gasteiger partial charge on any atom is -0.313 e. The molecular weight excluding hydrogens is 214 g/mol. The normalized spacial score (nSPS) is 9.71. The van der Waals surface area contributed by atoms with Crippen molar-refractivity contribution in [2.75, 3.05) is 25.0 Å². The third-order valence-corrected chi connectivity index (χ3v) is 2.46. The van der Waals surface area contributed by atoms with Crippen LogP contribution >= 0.6 is 0 Å². The molecule has 0 radical (unpaired) electrons. The Labute approximate surface area is 102 Å². The number of anilines is 1. The number of hydrogen-bond donors (Lipinski definition) is 1. The van der Waals surface area contributed by atoms with Gasteiger partial charge in [0.25, 0.3) is 0 Å². The maximum atomic E-state index is 11.8. The van der Waals surface area contributed by atoms with Crippen molar-refractivity contribution in [3.8, 4) is 6.07 Å². The number of nitrogens with one attached hydrogen (secondary N) is 1. The predicted octanol–water partition coefficient (Wildman–Crippen LogP) is 1.52. The number of carbonyl (C=O) groups excluding carboxylic acids is 1. The number of hydrogen-bond acceptors (Lipinski definition) is 3. The number of rotatable bonds is 5. The average Bonchev–Trinajstić information content (AvgIpc) is 2.38. The van der Waals surface area contributed by atoms with Gasteiger partial charge in [-0.15, -0.1) is 0 Å². The van der Waals surface area contributed by atoms with Crippen LogP contribution in [0.4, 0.5) is 5.69 Å². The first-order chi connectivity index (χ1) is 8.20. The standard InChI is InChI=1S/C13H17N3O/c1-3-8-15-10-13(17)16(2)12-7-5-4-6-11(12)9-14/h4-7,15H,3,8,10H2,1-2H3. The SMILES string of the molecule is CCCNCC(=O)N(C)c1ccccc1C#N. The van der Waals surface area contributed by atoms with Crippen molar-refractivity contribution in [1.82, 2.24) is 5.32 Å². The monoisotopic (exact) mass is 231 g/mol. The molecule has 0 aliphatic carbocycles. The lowest BCUT2D eigenvalue weighted by molar-refractivity contribution is -0.117. The summed E-state index contributed by atoms with van der Waals surface area (Å²) in [7, 11) is 1.69. The van der Waals surface area contributed by atoms with Crippen molar-refractivity contribution < 1.29 is 4.79 Å². The number of carbonyl (C=O) groups is 1. The molecule has 0 aliphatic rings. The van der Waals surface area contributed by atoms with Crippen LogP contribution in [0.15, 0.2) is 24.3 Å². The lowest BCUT2D eigenvalue weighted by Crippen LogP contribution is -2.36. The van der Waals surface area contributed by atoms with E-state index in [1.165, 1.54) is 4.90 Å². The zero-order valence-electron chi connectivity index (χ0n) is 10.2. The second-order valence-corrected chi connectivity index (χ2v) is 3.76. The Balaban J connectivity index is 2.72. The van der Waals surface area contributed by atoms with E-state index in [-0.39, 0.29) is 5.91 Å². The van der Waals surface area contributed by atoms with Crippen LogP contribution in [0.1, 0.15) is 18.9 Å². The highest BCUT2D eigenvalue weighted by Gasteiger charge is 2.13. The summed E-state index contributed by atoms with van der Waals surface area (Å²) in [5.41, 5.74) is 1.16. The quantitative estimate of drug-likeness (QED) is 0.782. The molecule has 1 aromatic carbocycles. The van der Waals surface area contributed by atoms with E-state index in [1.54, 1.807) is 25.2 Å². The molecule has 17 heavy (non-hydrogen) atoms. The lowest BCUT2D eigenvalue weighted by Gasteiger charge is -2.18. The Morgan fingerprint density at radius 3 is 2.82 bits per heavy atom. The van der Waals surface area contributed by atoms with E-state index in [1.807, 2.05) is 13.0 Å². The van der Waals surface area contributed by atoms with E-state index in [0.717, 1.165) is 13.0 Å². The van der Waals surface area contributed by atoms with Crippen molar-refractivity contribution in [3.05, 3.63) is 29.8 Å². The van der Waals surface area contributed by atoms with Gasteiger partial charge in [0.05, 0.1) is 17.8 Å². The van der Waals surface area contributed by atoms with Crippen molar-refractivity contribution in [1.29, 1.82) is 5.26 Å². The summed E-state index contributed by atoms with van der Waals surface area (Å²) in [5, 5.41) is 12.0. The molecule has 0 atom stereocenters. The van der Waals surface area contributed by atoms with Gasteiger partial charge in [0.1, 0.15) is 6.07 Å². The molecule has 0 saturated carbocycles. The van der Waals surface area contributed by atoms with Gasteiger partial charge >= 0.3 is 0 Å². The van der Waals surface area contributed by atoms with Crippen LogP contribution in [-0.4, -0.2) is 26.0 Å². The summed E-state index contributed by atoms with van der Waals surface area (Å²) in [6.45, 7) is 3.16.